The van der Waals surface area contributed by atoms with E-state index in [-0.39, 0.29) is 11.5 Å². The fourth-order valence-corrected chi connectivity index (χ4v) is 1.55. The van der Waals surface area contributed by atoms with Crippen LogP contribution in [0.25, 0.3) is 0 Å². The first-order valence-corrected chi connectivity index (χ1v) is 5.37. The van der Waals surface area contributed by atoms with E-state index in [9.17, 15) is 0 Å². The molecule has 0 amide bonds. The number of benzene rings is 1. The zero-order chi connectivity index (χ0) is 12.3. The van der Waals surface area contributed by atoms with Gasteiger partial charge in [-0.15, -0.1) is 0 Å². The highest BCUT2D eigenvalue weighted by atomic mass is 16.5. The van der Waals surface area contributed by atoms with E-state index >= 15 is 0 Å². The van der Waals surface area contributed by atoms with Gasteiger partial charge in [0.25, 0.3) is 0 Å². The molecule has 90 valence electrons. The van der Waals surface area contributed by atoms with E-state index in [1.165, 1.54) is 0 Å². The molecule has 1 rings (SSSR count). The molecule has 0 aliphatic rings. The molecular formula is C13H21NO2. The summed E-state index contributed by atoms with van der Waals surface area (Å²) in [6.45, 7) is 6.36. The second kappa shape index (κ2) is 4.74. The monoisotopic (exact) mass is 223 g/mol. The molecule has 3 heteroatoms. The lowest BCUT2D eigenvalue weighted by atomic mass is 9.83. The second-order valence-electron chi connectivity index (χ2n) is 4.96. The molecule has 0 aromatic heterocycles. The highest BCUT2D eigenvalue weighted by molar-refractivity contribution is 5.44. The van der Waals surface area contributed by atoms with E-state index in [1.54, 1.807) is 14.2 Å². The van der Waals surface area contributed by atoms with Crippen molar-refractivity contribution in [3.05, 3.63) is 23.8 Å². The number of ether oxygens (including phenoxy) is 2. The molecule has 0 fully saturated rings. The summed E-state index contributed by atoms with van der Waals surface area (Å²) in [5.74, 6) is 1.45. The Hall–Kier alpha value is -1.22. The van der Waals surface area contributed by atoms with Crippen LogP contribution in [0.3, 0.4) is 0 Å². The maximum Gasteiger partial charge on any atom is 0.161 e. The molecular weight excluding hydrogens is 202 g/mol. The molecule has 0 radical (unpaired) electrons. The molecule has 1 unspecified atom stereocenters. The van der Waals surface area contributed by atoms with E-state index in [0.29, 0.717) is 0 Å². The van der Waals surface area contributed by atoms with Gasteiger partial charge in [-0.1, -0.05) is 26.8 Å². The summed E-state index contributed by atoms with van der Waals surface area (Å²) in [5.41, 5.74) is 7.28. The predicted molar refractivity (Wildman–Crippen MR) is 65.9 cm³/mol. The van der Waals surface area contributed by atoms with Gasteiger partial charge in [-0.05, 0) is 23.1 Å². The number of hydrogen-bond donors (Lipinski definition) is 1. The molecule has 0 heterocycles. The molecule has 1 aromatic rings. The Morgan fingerprint density at radius 2 is 1.62 bits per heavy atom. The van der Waals surface area contributed by atoms with Crippen LogP contribution in [-0.4, -0.2) is 14.2 Å². The van der Waals surface area contributed by atoms with Crippen LogP contribution in [0.4, 0.5) is 0 Å². The third-order valence-electron chi connectivity index (χ3n) is 2.70. The van der Waals surface area contributed by atoms with Gasteiger partial charge in [0.05, 0.1) is 14.2 Å². The molecule has 0 saturated carbocycles. The van der Waals surface area contributed by atoms with Crippen molar-refractivity contribution in [1.82, 2.24) is 0 Å². The maximum atomic E-state index is 6.19. The molecule has 0 aliphatic carbocycles. The first-order valence-electron chi connectivity index (χ1n) is 5.37. The van der Waals surface area contributed by atoms with Gasteiger partial charge in [-0.2, -0.15) is 0 Å². The summed E-state index contributed by atoms with van der Waals surface area (Å²) >= 11 is 0. The van der Waals surface area contributed by atoms with Crippen LogP contribution >= 0.6 is 0 Å². The SMILES string of the molecule is COc1ccc(C(N)C(C)(C)C)cc1OC. The number of hydrogen-bond acceptors (Lipinski definition) is 3. The van der Waals surface area contributed by atoms with Crippen molar-refractivity contribution in [3.8, 4) is 11.5 Å². The first-order chi connectivity index (χ1) is 7.40. The topological polar surface area (TPSA) is 44.5 Å². The van der Waals surface area contributed by atoms with E-state index in [1.807, 2.05) is 18.2 Å². The fourth-order valence-electron chi connectivity index (χ4n) is 1.55. The van der Waals surface area contributed by atoms with Crippen molar-refractivity contribution in [3.63, 3.8) is 0 Å². The molecule has 3 nitrogen and oxygen atoms in total. The van der Waals surface area contributed by atoms with E-state index in [4.69, 9.17) is 15.2 Å². The molecule has 2 N–H and O–H groups in total. The second-order valence-corrected chi connectivity index (χ2v) is 4.96. The average Bonchev–Trinajstić information content (AvgIpc) is 2.25. The fraction of sp³-hybridized carbons (Fsp3) is 0.538. The zero-order valence-corrected chi connectivity index (χ0v) is 10.7. The van der Waals surface area contributed by atoms with Gasteiger partial charge >= 0.3 is 0 Å². The molecule has 16 heavy (non-hydrogen) atoms. The Kier molecular flexibility index (Phi) is 3.81. The standard InChI is InChI=1S/C13H21NO2/c1-13(2,3)12(14)9-6-7-10(15-4)11(8-9)16-5/h6-8,12H,14H2,1-5H3. The summed E-state index contributed by atoms with van der Waals surface area (Å²) in [5, 5.41) is 0. The largest absolute Gasteiger partial charge is 0.493 e. The number of rotatable bonds is 3. The van der Waals surface area contributed by atoms with E-state index in [0.717, 1.165) is 17.1 Å². The number of nitrogens with two attached hydrogens (primary N) is 1. The molecule has 0 aliphatic heterocycles. The van der Waals surface area contributed by atoms with Gasteiger partial charge in [0.15, 0.2) is 11.5 Å². The van der Waals surface area contributed by atoms with Crippen molar-refractivity contribution in [2.24, 2.45) is 11.1 Å². The molecule has 1 aromatic carbocycles. The van der Waals surface area contributed by atoms with Crippen molar-refractivity contribution >= 4 is 0 Å². The third kappa shape index (κ3) is 2.67. The molecule has 0 bridgehead atoms. The van der Waals surface area contributed by atoms with E-state index in [2.05, 4.69) is 20.8 Å². The van der Waals surface area contributed by atoms with Gasteiger partial charge in [0.1, 0.15) is 0 Å². The van der Waals surface area contributed by atoms with Crippen LogP contribution in [0, 0.1) is 5.41 Å². The van der Waals surface area contributed by atoms with Gasteiger partial charge in [-0.25, -0.2) is 0 Å². The minimum atomic E-state index is -0.0210. The zero-order valence-electron chi connectivity index (χ0n) is 10.7. The van der Waals surface area contributed by atoms with Gasteiger partial charge < -0.3 is 15.2 Å². The van der Waals surface area contributed by atoms with E-state index < -0.39 is 0 Å². The predicted octanol–water partition coefficient (Wildman–Crippen LogP) is 2.75. The van der Waals surface area contributed by atoms with Crippen molar-refractivity contribution in [2.45, 2.75) is 26.8 Å². The Balaban J connectivity index is 3.08. The summed E-state index contributed by atoms with van der Waals surface area (Å²) < 4.78 is 10.4. The Morgan fingerprint density at radius 1 is 1.06 bits per heavy atom. The third-order valence-corrected chi connectivity index (χ3v) is 2.70. The van der Waals surface area contributed by atoms with Gasteiger partial charge in [0.2, 0.25) is 0 Å². The minimum Gasteiger partial charge on any atom is -0.493 e. The lowest BCUT2D eigenvalue weighted by Crippen LogP contribution is -2.26. The van der Waals surface area contributed by atoms with Crippen LogP contribution in [0.2, 0.25) is 0 Å². The van der Waals surface area contributed by atoms with Crippen LogP contribution in [0.1, 0.15) is 32.4 Å². The lowest BCUT2D eigenvalue weighted by molar-refractivity contribution is 0.322. The van der Waals surface area contributed by atoms with Crippen LogP contribution in [0.5, 0.6) is 11.5 Å². The van der Waals surface area contributed by atoms with Crippen LogP contribution in [0.15, 0.2) is 18.2 Å². The maximum absolute atomic E-state index is 6.19. The number of methoxy groups -OCH3 is 2. The summed E-state index contributed by atoms with van der Waals surface area (Å²) in [7, 11) is 3.26. The van der Waals surface area contributed by atoms with Crippen LogP contribution < -0.4 is 15.2 Å². The van der Waals surface area contributed by atoms with Gasteiger partial charge in [0, 0.05) is 6.04 Å². The molecule has 1 atom stereocenters. The molecule has 0 spiro atoms. The summed E-state index contributed by atoms with van der Waals surface area (Å²) in [6.07, 6.45) is 0. The summed E-state index contributed by atoms with van der Waals surface area (Å²) in [4.78, 5) is 0. The quantitative estimate of drug-likeness (QED) is 0.857. The van der Waals surface area contributed by atoms with Crippen LogP contribution in [-0.2, 0) is 0 Å². The highest BCUT2D eigenvalue weighted by Crippen LogP contribution is 2.35. The smallest absolute Gasteiger partial charge is 0.161 e. The average molecular weight is 223 g/mol. The Bertz CT molecular complexity index is 355. The Labute approximate surface area is 97.6 Å². The van der Waals surface area contributed by atoms with Crippen molar-refractivity contribution < 1.29 is 9.47 Å². The Morgan fingerprint density at radius 3 is 2.06 bits per heavy atom. The highest BCUT2D eigenvalue weighted by Gasteiger charge is 2.23. The van der Waals surface area contributed by atoms with Crippen molar-refractivity contribution in [1.29, 1.82) is 0 Å². The first kappa shape index (κ1) is 12.8. The minimum absolute atomic E-state index is 0.0210. The van der Waals surface area contributed by atoms with Crippen molar-refractivity contribution in [2.75, 3.05) is 14.2 Å². The van der Waals surface area contributed by atoms with Gasteiger partial charge in [-0.3, -0.25) is 0 Å². The molecule has 0 saturated heterocycles. The lowest BCUT2D eigenvalue weighted by Gasteiger charge is -2.27. The normalized spacial score (nSPS) is 13.4. The summed E-state index contributed by atoms with van der Waals surface area (Å²) in [6, 6.07) is 5.79.